The first-order valence-corrected chi connectivity index (χ1v) is 9.91. The number of carbonyl (C=O) groups excluding carboxylic acids is 2. The molecule has 0 spiro atoms. The normalized spacial score (nSPS) is 11.6. The van der Waals surface area contributed by atoms with Crippen LogP contribution in [0.4, 0.5) is 5.69 Å². The number of aromatic nitrogens is 1. The molecule has 0 aliphatic heterocycles. The fourth-order valence-corrected chi connectivity index (χ4v) is 3.23. The fourth-order valence-electron chi connectivity index (χ4n) is 2.81. The lowest BCUT2D eigenvalue weighted by molar-refractivity contribution is -0.127. The molecule has 3 rings (SSSR count). The number of hydrogen-bond acceptors (Lipinski definition) is 4. The number of pyridine rings is 1. The number of halogens is 2. The van der Waals surface area contributed by atoms with Crippen molar-refractivity contribution in [2.45, 2.75) is 19.0 Å². The van der Waals surface area contributed by atoms with Gasteiger partial charge in [0.15, 0.2) is 0 Å². The van der Waals surface area contributed by atoms with E-state index in [1.807, 2.05) is 6.07 Å². The Balaban J connectivity index is 1.56. The Hall–Kier alpha value is -2.93. The largest absolute Gasteiger partial charge is 0.324 e. The van der Waals surface area contributed by atoms with Crippen molar-refractivity contribution >= 4 is 40.9 Å². The van der Waals surface area contributed by atoms with E-state index in [0.29, 0.717) is 16.3 Å². The van der Waals surface area contributed by atoms with Crippen molar-refractivity contribution in [3.8, 4) is 0 Å². The molecule has 3 N–H and O–H groups in total. The van der Waals surface area contributed by atoms with Crippen molar-refractivity contribution in [3.05, 3.63) is 94.8 Å². The van der Waals surface area contributed by atoms with E-state index in [4.69, 9.17) is 29.1 Å². The molecule has 1 atom stereocenters. The van der Waals surface area contributed by atoms with E-state index in [9.17, 15) is 9.59 Å². The highest BCUT2D eigenvalue weighted by Gasteiger charge is 2.18. The van der Waals surface area contributed by atoms with Gasteiger partial charge in [-0.1, -0.05) is 35.9 Å². The highest BCUT2D eigenvalue weighted by molar-refractivity contribution is 6.30. The summed E-state index contributed by atoms with van der Waals surface area (Å²) in [6, 6.07) is 16.8. The van der Waals surface area contributed by atoms with Gasteiger partial charge in [-0.3, -0.25) is 19.0 Å². The van der Waals surface area contributed by atoms with Gasteiger partial charge in [-0.25, -0.2) is 0 Å². The van der Waals surface area contributed by atoms with Gasteiger partial charge in [0, 0.05) is 52.9 Å². The lowest BCUT2D eigenvalue weighted by atomic mass is 10.0. The summed E-state index contributed by atoms with van der Waals surface area (Å²) in [6.07, 6.45) is 3.23. The van der Waals surface area contributed by atoms with Crippen LogP contribution in [0.25, 0.3) is 0 Å². The van der Waals surface area contributed by atoms with Crippen molar-refractivity contribution in [1.82, 2.24) is 9.40 Å². The minimum Gasteiger partial charge on any atom is -0.324 e. The van der Waals surface area contributed by atoms with Crippen molar-refractivity contribution in [2.24, 2.45) is 5.73 Å². The van der Waals surface area contributed by atoms with Crippen molar-refractivity contribution < 1.29 is 9.59 Å². The summed E-state index contributed by atoms with van der Waals surface area (Å²) in [5, 5.41) is 3.36. The molecular weight excluding hydrogens is 423 g/mol. The maximum absolute atomic E-state index is 12.4. The molecule has 0 bridgehead atoms. The first-order valence-electron chi connectivity index (χ1n) is 9.20. The van der Waals surface area contributed by atoms with Gasteiger partial charge in [0.1, 0.15) is 0 Å². The molecule has 2 amide bonds. The molecule has 0 fully saturated rings. The lowest BCUT2D eigenvalue weighted by Crippen LogP contribution is -2.25. The molecule has 3 aromatic rings. The van der Waals surface area contributed by atoms with Crippen LogP contribution in [0, 0.1) is 0 Å². The number of benzene rings is 2. The second-order valence-corrected chi connectivity index (χ2v) is 7.51. The van der Waals surface area contributed by atoms with E-state index >= 15 is 0 Å². The number of carbonyl (C=O) groups is 2. The summed E-state index contributed by atoms with van der Waals surface area (Å²) in [7, 11) is 0. The van der Waals surface area contributed by atoms with E-state index < -0.39 is 6.04 Å². The summed E-state index contributed by atoms with van der Waals surface area (Å²) in [5.41, 5.74) is 8.86. The number of anilines is 1. The minimum absolute atomic E-state index is 0.0343. The zero-order chi connectivity index (χ0) is 21.5. The summed E-state index contributed by atoms with van der Waals surface area (Å²) in [6.45, 7) is 0.224. The van der Waals surface area contributed by atoms with Gasteiger partial charge in [-0.15, -0.1) is 0 Å². The number of rotatable bonds is 7. The number of nitrogens with one attached hydrogen (secondary N) is 1. The predicted molar refractivity (Wildman–Crippen MR) is 118 cm³/mol. The van der Waals surface area contributed by atoms with Crippen LogP contribution in [0.1, 0.15) is 33.9 Å². The zero-order valence-electron chi connectivity index (χ0n) is 16.0. The molecular formula is C22H20Cl2N4O2. The van der Waals surface area contributed by atoms with Gasteiger partial charge in [-0.05, 0) is 47.5 Å². The monoisotopic (exact) mass is 442 g/mol. The lowest BCUT2D eigenvalue weighted by Gasteiger charge is -2.18. The quantitative estimate of drug-likeness (QED) is 0.524. The molecule has 8 heteroatoms. The first kappa shape index (κ1) is 21.8. The van der Waals surface area contributed by atoms with Crippen LogP contribution in [0.2, 0.25) is 5.02 Å². The molecule has 0 aliphatic rings. The molecule has 30 heavy (non-hydrogen) atoms. The Morgan fingerprint density at radius 3 is 2.43 bits per heavy atom. The Morgan fingerprint density at radius 1 is 1.07 bits per heavy atom. The molecule has 1 heterocycles. The second kappa shape index (κ2) is 10.2. The molecule has 0 saturated carbocycles. The number of nitrogens with zero attached hydrogens (tertiary/aromatic N) is 2. The molecule has 154 valence electrons. The van der Waals surface area contributed by atoms with Gasteiger partial charge in [0.2, 0.25) is 5.91 Å². The second-order valence-electron chi connectivity index (χ2n) is 6.67. The summed E-state index contributed by atoms with van der Waals surface area (Å²) < 4.78 is 1.10. The van der Waals surface area contributed by atoms with Crippen LogP contribution in [0.3, 0.4) is 0 Å². The zero-order valence-corrected chi connectivity index (χ0v) is 17.5. The molecule has 0 saturated heterocycles. The summed E-state index contributed by atoms with van der Waals surface area (Å²) in [5.74, 6) is -0.547. The Kier molecular flexibility index (Phi) is 7.41. The van der Waals surface area contributed by atoms with Gasteiger partial charge >= 0.3 is 0 Å². The fraction of sp³-hybridized carbons (Fsp3) is 0.136. The van der Waals surface area contributed by atoms with Crippen molar-refractivity contribution in [3.63, 3.8) is 0 Å². The number of hydrogen-bond donors (Lipinski definition) is 2. The number of amides is 2. The third-order valence-corrected chi connectivity index (χ3v) is 4.96. The molecule has 0 radical (unpaired) electrons. The number of nitrogens with two attached hydrogens (primary N) is 1. The standard InChI is InChI=1S/C22H20Cl2N4O2/c23-18-3-1-2-15(12-18)14-28(24)21(29)13-20(25)16-4-6-17(7-5-16)22(30)27-19-8-10-26-11-9-19/h1-12,20H,13-14,25H2,(H,26,27,30). The topological polar surface area (TPSA) is 88.3 Å². The van der Waals surface area contributed by atoms with E-state index in [0.717, 1.165) is 15.5 Å². The summed E-state index contributed by atoms with van der Waals surface area (Å²) in [4.78, 5) is 28.6. The van der Waals surface area contributed by atoms with Gasteiger partial charge in [0.05, 0.1) is 6.54 Å². The Labute approximate surface area is 184 Å². The molecule has 2 aromatic carbocycles. The van der Waals surface area contributed by atoms with Crippen LogP contribution in [0.15, 0.2) is 73.1 Å². The van der Waals surface area contributed by atoms with E-state index in [2.05, 4.69) is 10.3 Å². The van der Waals surface area contributed by atoms with E-state index in [1.165, 1.54) is 0 Å². The Morgan fingerprint density at radius 2 is 1.77 bits per heavy atom. The molecule has 6 nitrogen and oxygen atoms in total. The van der Waals surface area contributed by atoms with Crippen molar-refractivity contribution in [1.29, 1.82) is 0 Å². The molecule has 1 unspecified atom stereocenters. The Bertz CT molecular complexity index is 1010. The SMILES string of the molecule is NC(CC(=O)N(Cl)Cc1cccc(Cl)c1)c1ccc(C(=O)Nc2ccncc2)cc1. The highest BCUT2D eigenvalue weighted by Crippen LogP contribution is 2.20. The average Bonchev–Trinajstić information content (AvgIpc) is 2.74. The maximum Gasteiger partial charge on any atom is 0.255 e. The van der Waals surface area contributed by atoms with Crippen LogP contribution >= 0.6 is 23.4 Å². The summed E-state index contributed by atoms with van der Waals surface area (Å²) >= 11 is 12.1. The van der Waals surface area contributed by atoms with Crippen LogP contribution in [0.5, 0.6) is 0 Å². The first-order chi connectivity index (χ1) is 14.4. The van der Waals surface area contributed by atoms with Gasteiger partial charge in [-0.2, -0.15) is 0 Å². The van der Waals surface area contributed by atoms with E-state index in [-0.39, 0.29) is 24.8 Å². The van der Waals surface area contributed by atoms with Gasteiger partial charge in [0.25, 0.3) is 5.91 Å². The van der Waals surface area contributed by atoms with Crippen LogP contribution < -0.4 is 11.1 Å². The molecule has 1 aromatic heterocycles. The smallest absolute Gasteiger partial charge is 0.255 e. The van der Waals surface area contributed by atoms with Crippen molar-refractivity contribution in [2.75, 3.05) is 5.32 Å². The molecule has 0 aliphatic carbocycles. The predicted octanol–water partition coefficient (Wildman–Crippen LogP) is 4.56. The van der Waals surface area contributed by atoms with E-state index in [1.54, 1.807) is 67.0 Å². The van der Waals surface area contributed by atoms with Gasteiger partial charge < -0.3 is 11.1 Å². The van der Waals surface area contributed by atoms with Crippen LogP contribution in [-0.2, 0) is 11.3 Å². The minimum atomic E-state index is -0.546. The van der Waals surface area contributed by atoms with Crippen LogP contribution in [-0.4, -0.2) is 21.2 Å². The average molecular weight is 443 g/mol. The third-order valence-electron chi connectivity index (χ3n) is 4.41. The highest BCUT2D eigenvalue weighted by atomic mass is 35.5. The third kappa shape index (κ3) is 6.03. The maximum atomic E-state index is 12.4.